The van der Waals surface area contributed by atoms with E-state index in [0.29, 0.717) is 13.1 Å². The molecule has 0 bridgehead atoms. The molecule has 0 atom stereocenters. The van der Waals surface area contributed by atoms with Gasteiger partial charge in [-0.15, -0.1) is 0 Å². The lowest BCUT2D eigenvalue weighted by molar-refractivity contribution is 0.443. The molecule has 15 heavy (non-hydrogen) atoms. The molecule has 0 fully saturated rings. The van der Waals surface area contributed by atoms with Crippen molar-refractivity contribution in [2.24, 2.45) is 5.73 Å². The van der Waals surface area contributed by atoms with Crippen LogP contribution in [-0.2, 0) is 13.1 Å². The first-order valence-corrected chi connectivity index (χ1v) is 4.98. The Kier molecular flexibility index (Phi) is 2.60. The summed E-state index contributed by atoms with van der Waals surface area (Å²) in [4.78, 5) is 0. The molecule has 2 aromatic rings. The first-order valence-electron chi connectivity index (χ1n) is 4.98. The van der Waals surface area contributed by atoms with Gasteiger partial charge in [-0.2, -0.15) is 5.10 Å². The maximum Gasteiger partial charge on any atom is 0.125 e. The molecule has 0 saturated carbocycles. The molecule has 0 aromatic carbocycles. The largest absolute Gasteiger partial charge is 0.463 e. The van der Waals surface area contributed by atoms with Gasteiger partial charge in [0.1, 0.15) is 11.5 Å². The Morgan fingerprint density at radius 2 is 2.07 bits per heavy atom. The molecule has 0 aliphatic rings. The zero-order chi connectivity index (χ0) is 10.8. The molecule has 2 rings (SSSR count). The Morgan fingerprint density at radius 1 is 1.33 bits per heavy atom. The van der Waals surface area contributed by atoms with E-state index in [2.05, 4.69) is 5.10 Å². The minimum Gasteiger partial charge on any atom is -0.463 e. The molecule has 0 unspecified atom stereocenters. The van der Waals surface area contributed by atoms with Crippen LogP contribution in [0.5, 0.6) is 0 Å². The van der Waals surface area contributed by atoms with E-state index in [1.54, 1.807) is 0 Å². The molecular weight excluding hydrogens is 190 g/mol. The zero-order valence-electron chi connectivity index (χ0n) is 9.03. The van der Waals surface area contributed by atoms with Crippen LogP contribution in [0.1, 0.15) is 22.9 Å². The van der Waals surface area contributed by atoms with Gasteiger partial charge in [0.25, 0.3) is 0 Å². The van der Waals surface area contributed by atoms with Crippen LogP contribution in [0, 0.1) is 13.8 Å². The van der Waals surface area contributed by atoms with Crippen LogP contribution >= 0.6 is 0 Å². The van der Waals surface area contributed by atoms with Crippen molar-refractivity contribution in [3.05, 3.63) is 41.1 Å². The van der Waals surface area contributed by atoms with Gasteiger partial charge in [-0.05, 0) is 32.0 Å². The molecular formula is C11H15N3O. The Labute approximate surface area is 88.7 Å². The highest BCUT2D eigenvalue weighted by Gasteiger charge is 2.05. The quantitative estimate of drug-likeness (QED) is 0.828. The summed E-state index contributed by atoms with van der Waals surface area (Å²) in [5.74, 6) is 1.70. The van der Waals surface area contributed by atoms with E-state index in [1.165, 1.54) is 0 Å². The smallest absolute Gasteiger partial charge is 0.125 e. The lowest BCUT2D eigenvalue weighted by atomic mass is 10.4. The van der Waals surface area contributed by atoms with E-state index in [9.17, 15) is 0 Å². The van der Waals surface area contributed by atoms with Crippen LogP contribution in [-0.4, -0.2) is 9.78 Å². The van der Waals surface area contributed by atoms with Crippen molar-refractivity contribution in [2.45, 2.75) is 26.9 Å². The fraction of sp³-hybridized carbons (Fsp3) is 0.364. The highest BCUT2D eigenvalue weighted by Crippen LogP contribution is 2.10. The second-order valence-electron chi connectivity index (χ2n) is 3.66. The Hall–Kier alpha value is -1.55. The highest BCUT2D eigenvalue weighted by molar-refractivity contribution is 5.11. The molecule has 0 spiro atoms. The van der Waals surface area contributed by atoms with E-state index in [4.69, 9.17) is 10.2 Å². The third-order valence-corrected chi connectivity index (χ3v) is 2.33. The molecule has 4 nitrogen and oxygen atoms in total. The molecule has 4 heteroatoms. The molecule has 80 valence electrons. The number of nitrogens with zero attached hydrogens (tertiary/aromatic N) is 2. The third kappa shape index (κ3) is 2.10. The van der Waals surface area contributed by atoms with Gasteiger partial charge in [-0.1, -0.05) is 0 Å². The summed E-state index contributed by atoms with van der Waals surface area (Å²) in [6.07, 6.45) is 0. The van der Waals surface area contributed by atoms with Crippen LogP contribution in [0.2, 0.25) is 0 Å². The van der Waals surface area contributed by atoms with E-state index in [0.717, 1.165) is 22.9 Å². The second-order valence-corrected chi connectivity index (χ2v) is 3.66. The van der Waals surface area contributed by atoms with E-state index in [-0.39, 0.29) is 0 Å². The third-order valence-electron chi connectivity index (χ3n) is 2.33. The van der Waals surface area contributed by atoms with E-state index in [1.807, 2.05) is 36.7 Å². The topological polar surface area (TPSA) is 57.0 Å². The fourth-order valence-corrected chi connectivity index (χ4v) is 1.60. The van der Waals surface area contributed by atoms with Crippen LogP contribution in [0.25, 0.3) is 0 Å². The van der Waals surface area contributed by atoms with Gasteiger partial charge in [0, 0.05) is 5.69 Å². The van der Waals surface area contributed by atoms with Crippen LogP contribution in [0.15, 0.2) is 22.6 Å². The minimum absolute atomic E-state index is 0.442. The molecule has 0 radical (unpaired) electrons. The SMILES string of the molecule is Cc1cc(C)n(Cc2ccc(CN)o2)n1. The van der Waals surface area contributed by atoms with Gasteiger partial charge >= 0.3 is 0 Å². The van der Waals surface area contributed by atoms with Crippen molar-refractivity contribution >= 4 is 0 Å². The number of furan rings is 1. The molecule has 0 aliphatic carbocycles. The van der Waals surface area contributed by atoms with Gasteiger partial charge in [0.2, 0.25) is 0 Å². The number of hydrogen-bond acceptors (Lipinski definition) is 3. The predicted octanol–water partition coefficient (Wildman–Crippen LogP) is 1.60. The van der Waals surface area contributed by atoms with E-state index >= 15 is 0 Å². The number of aromatic nitrogens is 2. The lowest BCUT2D eigenvalue weighted by Crippen LogP contribution is -2.03. The van der Waals surface area contributed by atoms with Gasteiger partial charge in [-0.25, -0.2) is 0 Å². The van der Waals surface area contributed by atoms with Crippen LogP contribution in [0.4, 0.5) is 0 Å². The van der Waals surface area contributed by atoms with Gasteiger partial charge in [-0.3, -0.25) is 4.68 Å². The van der Waals surface area contributed by atoms with Crippen molar-refractivity contribution < 1.29 is 4.42 Å². The van der Waals surface area contributed by atoms with Crippen molar-refractivity contribution in [2.75, 3.05) is 0 Å². The lowest BCUT2D eigenvalue weighted by Gasteiger charge is -2.00. The predicted molar refractivity (Wildman–Crippen MR) is 57.4 cm³/mol. The normalized spacial score (nSPS) is 10.9. The molecule has 2 N–H and O–H groups in total. The molecule has 0 saturated heterocycles. The number of aryl methyl sites for hydroxylation is 2. The van der Waals surface area contributed by atoms with Crippen LogP contribution < -0.4 is 5.73 Å². The van der Waals surface area contributed by atoms with Crippen LogP contribution in [0.3, 0.4) is 0 Å². The molecule has 2 aromatic heterocycles. The summed E-state index contributed by atoms with van der Waals surface area (Å²) in [7, 11) is 0. The maximum atomic E-state index is 5.52. The van der Waals surface area contributed by atoms with Gasteiger partial charge in [0.15, 0.2) is 0 Å². The Morgan fingerprint density at radius 3 is 2.60 bits per heavy atom. The zero-order valence-corrected chi connectivity index (χ0v) is 9.03. The average molecular weight is 205 g/mol. The summed E-state index contributed by atoms with van der Waals surface area (Å²) in [5.41, 5.74) is 7.64. The number of hydrogen-bond donors (Lipinski definition) is 1. The Bertz CT molecular complexity index is 456. The fourth-order valence-electron chi connectivity index (χ4n) is 1.60. The second kappa shape index (κ2) is 3.90. The summed E-state index contributed by atoms with van der Waals surface area (Å²) >= 11 is 0. The average Bonchev–Trinajstić information content (AvgIpc) is 2.75. The van der Waals surface area contributed by atoms with Gasteiger partial charge in [0.05, 0.1) is 18.8 Å². The monoisotopic (exact) mass is 205 g/mol. The standard InChI is InChI=1S/C11H15N3O/c1-8-5-9(2)14(13-8)7-11-4-3-10(6-12)15-11/h3-5H,6-7,12H2,1-2H3. The van der Waals surface area contributed by atoms with Crippen molar-refractivity contribution in [1.82, 2.24) is 9.78 Å². The molecule has 0 aliphatic heterocycles. The molecule has 0 amide bonds. The number of rotatable bonds is 3. The first kappa shape index (κ1) is 9.98. The highest BCUT2D eigenvalue weighted by atomic mass is 16.3. The van der Waals surface area contributed by atoms with Crippen molar-refractivity contribution in [3.8, 4) is 0 Å². The molecule has 2 heterocycles. The summed E-state index contributed by atoms with van der Waals surface area (Å²) in [6, 6.07) is 5.90. The summed E-state index contributed by atoms with van der Waals surface area (Å²) < 4.78 is 7.44. The minimum atomic E-state index is 0.442. The van der Waals surface area contributed by atoms with Gasteiger partial charge < -0.3 is 10.2 Å². The summed E-state index contributed by atoms with van der Waals surface area (Å²) in [6.45, 7) is 5.13. The maximum absolute atomic E-state index is 5.52. The first-order chi connectivity index (χ1) is 7.19. The number of nitrogens with two attached hydrogens (primary N) is 1. The van der Waals surface area contributed by atoms with Crippen molar-refractivity contribution in [1.29, 1.82) is 0 Å². The Balaban J connectivity index is 2.17. The van der Waals surface area contributed by atoms with E-state index < -0.39 is 0 Å². The van der Waals surface area contributed by atoms with Crippen molar-refractivity contribution in [3.63, 3.8) is 0 Å². The summed E-state index contributed by atoms with van der Waals surface area (Å²) in [5, 5.41) is 4.37.